The average molecular weight is 359 g/mol. The lowest BCUT2D eigenvalue weighted by atomic mass is 10.3. The van der Waals surface area contributed by atoms with Crippen LogP contribution < -0.4 is 10.5 Å². The number of aliphatic hydroxyl groups excluding tert-OH is 1. The van der Waals surface area contributed by atoms with E-state index in [-0.39, 0.29) is 28.1 Å². The molecule has 9 heteroatoms. The summed E-state index contributed by atoms with van der Waals surface area (Å²) in [4.78, 5) is -0.157. The standard InChI is InChI=1S/C11H16Cl2N2O3S2/c12-9-6-8(14)7-10(13)11(9)20(17,18)15-2-5-19-4-1-3-16/h6-7,15-16H,1-5,14H2. The molecule has 0 bridgehead atoms. The van der Waals surface area contributed by atoms with E-state index in [0.717, 1.165) is 5.75 Å². The molecule has 0 heterocycles. The number of anilines is 1. The van der Waals surface area contributed by atoms with Gasteiger partial charge in [0, 0.05) is 24.6 Å². The highest BCUT2D eigenvalue weighted by Crippen LogP contribution is 2.31. The molecule has 0 aliphatic carbocycles. The van der Waals surface area contributed by atoms with Crippen LogP contribution in [0.1, 0.15) is 6.42 Å². The fourth-order valence-electron chi connectivity index (χ4n) is 1.43. The molecule has 0 aliphatic rings. The Kier molecular flexibility index (Phi) is 7.42. The van der Waals surface area contributed by atoms with Crippen molar-refractivity contribution in [2.45, 2.75) is 11.3 Å². The van der Waals surface area contributed by atoms with E-state index in [1.807, 2.05) is 0 Å². The number of sulfonamides is 1. The summed E-state index contributed by atoms with van der Waals surface area (Å²) < 4.78 is 26.6. The Labute approximate surface area is 132 Å². The first-order valence-corrected chi connectivity index (χ1v) is 9.20. The minimum absolute atomic E-state index is 0.00423. The van der Waals surface area contributed by atoms with Crippen LogP contribution in [0.3, 0.4) is 0 Å². The third kappa shape index (κ3) is 5.31. The number of hydrogen-bond acceptors (Lipinski definition) is 5. The Bertz CT molecular complexity index is 530. The number of nitrogens with two attached hydrogens (primary N) is 1. The molecular formula is C11H16Cl2N2O3S2. The number of hydrogen-bond donors (Lipinski definition) is 3. The van der Waals surface area contributed by atoms with E-state index in [1.54, 1.807) is 11.8 Å². The molecular weight excluding hydrogens is 343 g/mol. The number of benzene rings is 1. The normalized spacial score (nSPS) is 11.8. The minimum Gasteiger partial charge on any atom is -0.399 e. The first kappa shape index (κ1) is 17.9. The third-order valence-corrected chi connectivity index (χ3v) is 5.73. The second kappa shape index (κ2) is 8.31. The van der Waals surface area contributed by atoms with Crippen LogP contribution in [0.4, 0.5) is 5.69 Å². The van der Waals surface area contributed by atoms with Gasteiger partial charge in [-0.1, -0.05) is 23.2 Å². The molecule has 0 unspecified atom stereocenters. The summed E-state index contributed by atoms with van der Waals surface area (Å²) in [6.07, 6.45) is 0.688. The zero-order valence-corrected chi connectivity index (χ0v) is 13.7. The highest BCUT2D eigenvalue weighted by molar-refractivity contribution is 7.99. The molecule has 20 heavy (non-hydrogen) atoms. The van der Waals surface area contributed by atoms with Gasteiger partial charge in [-0.25, -0.2) is 13.1 Å². The number of aliphatic hydroxyl groups is 1. The SMILES string of the molecule is Nc1cc(Cl)c(S(=O)(=O)NCCSCCCO)c(Cl)c1. The molecule has 5 nitrogen and oxygen atoms in total. The van der Waals surface area contributed by atoms with E-state index < -0.39 is 10.0 Å². The third-order valence-electron chi connectivity index (χ3n) is 2.27. The van der Waals surface area contributed by atoms with Gasteiger partial charge in [0.1, 0.15) is 4.90 Å². The van der Waals surface area contributed by atoms with Crippen LogP contribution in [0, 0.1) is 0 Å². The zero-order chi connectivity index (χ0) is 15.2. The lowest BCUT2D eigenvalue weighted by molar-refractivity contribution is 0.296. The Morgan fingerprint density at radius 2 is 1.85 bits per heavy atom. The van der Waals surface area contributed by atoms with E-state index in [0.29, 0.717) is 17.9 Å². The van der Waals surface area contributed by atoms with Crippen molar-refractivity contribution >= 4 is 50.7 Å². The van der Waals surface area contributed by atoms with Crippen LogP contribution in [-0.2, 0) is 10.0 Å². The maximum absolute atomic E-state index is 12.1. The van der Waals surface area contributed by atoms with Crippen molar-refractivity contribution in [2.24, 2.45) is 0 Å². The predicted octanol–water partition coefficient (Wildman–Crippen LogP) is 1.97. The van der Waals surface area contributed by atoms with Gasteiger partial charge in [-0.2, -0.15) is 11.8 Å². The summed E-state index contributed by atoms with van der Waals surface area (Å²) in [5, 5.41) is 8.61. The first-order valence-electron chi connectivity index (χ1n) is 5.81. The fraction of sp³-hybridized carbons (Fsp3) is 0.455. The molecule has 4 N–H and O–H groups in total. The van der Waals surface area contributed by atoms with Crippen LogP contribution in [0.5, 0.6) is 0 Å². The second-order valence-corrected chi connectivity index (χ2v) is 7.64. The van der Waals surface area contributed by atoms with Gasteiger partial charge in [-0.05, 0) is 24.3 Å². The molecule has 0 saturated carbocycles. The summed E-state index contributed by atoms with van der Waals surface area (Å²) in [6, 6.07) is 2.69. The summed E-state index contributed by atoms with van der Waals surface area (Å²) >= 11 is 13.3. The van der Waals surface area contributed by atoms with E-state index >= 15 is 0 Å². The van der Waals surface area contributed by atoms with Gasteiger partial charge in [0.15, 0.2) is 0 Å². The van der Waals surface area contributed by atoms with E-state index in [2.05, 4.69) is 4.72 Å². The summed E-state index contributed by atoms with van der Waals surface area (Å²) in [6.45, 7) is 0.394. The number of nitrogens with one attached hydrogen (secondary N) is 1. The largest absolute Gasteiger partial charge is 0.399 e. The van der Waals surface area contributed by atoms with Crippen LogP contribution in [0.25, 0.3) is 0 Å². The van der Waals surface area contributed by atoms with Crippen molar-refractivity contribution in [2.75, 3.05) is 30.4 Å². The lowest BCUT2D eigenvalue weighted by Gasteiger charge is -2.10. The quantitative estimate of drug-likeness (QED) is 0.488. The van der Waals surface area contributed by atoms with Crippen LogP contribution in [0.15, 0.2) is 17.0 Å². The maximum Gasteiger partial charge on any atom is 0.243 e. The van der Waals surface area contributed by atoms with Gasteiger partial charge in [-0.3, -0.25) is 0 Å². The molecule has 0 atom stereocenters. The molecule has 0 aromatic heterocycles. The number of nitrogen functional groups attached to an aromatic ring is 1. The van der Waals surface area contributed by atoms with Crippen molar-refractivity contribution < 1.29 is 13.5 Å². The number of rotatable bonds is 8. The summed E-state index contributed by atoms with van der Waals surface area (Å²) in [5.41, 5.74) is 5.84. The van der Waals surface area contributed by atoms with Gasteiger partial charge in [0.05, 0.1) is 10.0 Å². The molecule has 0 amide bonds. The predicted molar refractivity (Wildman–Crippen MR) is 85.1 cm³/mol. The van der Waals surface area contributed by atoms with Crippen LogP contribution >= 0.6 is 35.0 Å². The first-order chi connectivity index (χ1) is 9.38. The van der Waals surface area contributed by atoms with Gasteiger partial charge in [0.2, 0.25) is 10.0 Å². The van der Waals surface area contributed by atoms with Gasteiger partial charge in [-0.15, -0.1) is 0 Å². The zero-order valence-electron chi connectivity index (χ0n) is 10.6. The maximum atomic E-state index is 12.1. The smallest absolute Gasteiger partial charge is 0.243 e. The van der Waals surface area contributed by atoms with E-state index in [4.69, 9.17) is 34.0 Å². The Morgan fingerprint density at radius 3 is 2.40 bits per heavy atom. The molecule has 1 aromatic rings. The Hall–Kier alpha value is -0.180. The minimum atomic E-state index is -3.76. The van der Waals surface area contributed by atoms with Crippen molar-refractivity contribution in [3.05, 3.63) is 22.2 Å². The molecule has 1 aromatic carbocycles. The monoisotopic (exact) mass is 358 g/mol. The highest BCUT2D eigenvalue weighted by Gasteiger charge is 2.21. The van der Waals surface area contributed by atoms with Gasteiger partial charge in [0.25, 0.3) is 0 Å². The molecule has 0 spiro atoms. The summed E-state index contributed by atoms with van der Waals surface area (Å²) in [7, 11) is -3.76. The van der Waals surface area contributed by atoms with E-state index in [9.17, 15) is 8.42 Å². The molecule has 0 radical (unpaired) electrons. The van der Waals surface area contributed by atoms with Gasteiger partial charge < -0.3 is 10.8 Å². The van der Waals surface area contributed by atoms with E-state index in [1.165, 1.54) is 12.1 Å². The van der Waals surface area contributed by atoms with Crippen LogP contribution in [-0.4, -0.2) is 38.2 Å². The van der Waals surface area contributed by atoms with Crippen LogP contribution in [0.2, 0.25) is 10.0 Å². The molecule has 0 fully saturated rings. The molecule has 0 aliphatic heterocycles. The highest BCUT2D eigenvalue weighted by atomic mass is 35.5. The molecule has 0 saturated heterocycles. The topological polar surface area (TPSA) is 92.4 Å². The number of halogens is 2. The van der Waals surface area contributed by atoms with Crippen molar-refractivity contribution in [1.29, 1.82) is 0 Å². The van der Waals surface area contributed by atoms with Crippen molar-refractivity contribution in [3.63, 3.8) is 0 Å². The molecule has 114 valence electrons. The number of thioether (sulfide) groups is 1. The summed E-state index contributed by atoms with van der Waals surface area (Å²) in [5.74, 6) is 1.38. The Balaban J connectivity index is 2.66. The van der Waals surface area contributed by atoms with Crippen molar-refractivity contribution in [1.82, 2.24) is 4.72 Å². The average Bonchev–Trinajstić information content (AvgIpc) is 2.31. The van der Waals surface area contributed by atoms with Gasteiger partial charge >= 0.3 is 0 Å². The van der Waals surface area contributed by atoms with Crippen molar-refractivity contribution in [3.8, 4) is 0 Å². The fourth-order valence-corrected chi connectivity index (χ4v) is 4.60. The second-order valence-electron chi connectivity index (χ2n) is 3.90. The lowest BCUT2D eigenvalue weighted by Crippen LogP contribution is -2.26. The Morgan fingerprint density at radius 1 is 1.25 bits per heavy atom. The molecule has 1 rings (SSSR count).